The smallest absolute Gasteiger partial charge is 0.358 e. The second-order valence-electron chi connectivity index (χ2n) is 5.45. The van der Waals surface area contributed by atoms with Crippen molar-refractivity contribution in [1.82, 2.24) is 9.78 Å². The van der Waals surface area contributed by atoms with Gasteiger partial charge in [-0.1, -0.05) is 12.1 Å². The summed E-state index contributed by atoms with van der Waals surface area (Å²) >= 11 is 0. The predicted octanol–water partition coefficient (Wildman–Crippen LogP) is 2.99. The Morgan fingerprint density at radius 2 is 1.85 bits per heavy atom. The highest BCUT2D eigenvalue weighted by molar-refractivity contribution is 7.92. The SMILES string of the molecule is CCOC(=O)c1ccn(-c2ccc(NS(=O)(=O)c3ccccc3F)cc2)n1. The molecule has 0 aliphatic carbocycles. The summed E-state index contributed by atoms with van der Waals surface area (Å²) < 4.78 is 47.0. The second kappa shape index (κ2) is 7.58. The van der Waals surface area contributed by atoms with Gasteiger partial charge in [-0.3, -0.25) is 4.72 Å². The maximum atomic E-state index is 13.7. The lowest BCUT2D eigenvalue weighted by Gasteiger charge is -2.09. The molecule has 2 aromatic carbocycles. The van der Waals surface area contributed by atoms with E-state index in [1.807, 2.05) is 0 Å². The molecule has 0 unspecified atom stereocenters. The molecule has 0 bridgehead atoms. The van der Waals surface area contributed by atoms with Crippen molar-refractivity contribution < 1.29 is 22.3 Å². The number of ether oxygens (including phenoxy) is 1. The molecule has 0 saturated carbocycles. The molecule has 0 saturated heterocycles. The molecule has 1 heterocycles. The fraction of sp³-hybridized carbons (Fsp3) is 0.111. The molecule has 0 amide bonds. The Bertz CT molecular complexity index is 1060. The van der Waals surface area contributed by atoms with E-state index < -0.39 is 26.7 Å². The minimum Gasteiger partial charge on any atom is -0.461 e. The molecule has 7 nitrogen and oxygen atoms in total. The highest BCUT2D eigenvalue weighted by Crippen LogP contribution is 2.20. The Kier molecular flexibility index (Phi) is 5.22. The van der Waals surface area contributed by atoms with Gasteiger partial charge in [-0.05, 0) is 49.4 Å². The number of benzene rings is 2. The van der Waals surface area contributed by atoms with Gasteiger partial charge in [0.15, 0.2) is 5.69 Å². The van der Waals surface area contributed by atoms with E-state index in [1.54, 1.807) is 25.3 Å². The summed E-state index contributed by atoms with van der Waals surface area (Å²) in [5.41, 5.74) is 1.04. The lowest BCUT2D eigenvalue weighted by Crippen LogP contribution is -2.14. The van der Waals surface area contributed by atoms with Crippen molar-refractivity contribution in [2.24, 2.45) is 0 Å². The summed E-state index contributed by atoms with van der Waals surface area (Å²) in [4.78, 5) is 11.2. The molecular weight excluding hydrogens is 373 g/mol. The van der Waals surface area contributed by atoms with E-state index >= 15 is 0 Å². The van der Waals surface area contributed by atoms with Gasteiger partial charge in [-0.25, -0.2) is 22.3 Å². The number of nitrogens with one attached hydrogen (secondary N) is 1. The van der Waals surface area contributed by atoms with Gasteiger partial charge in [0.2, 0.25) is 0 Å². The van der Waals surface area contributed by atoms with Crippen molar-refractivity contribution in [2.75, 3.05) is 11.3 Å². The fourth-order valence-electron chi connectivity index (χ4n) is 2.34. The quantitative estimate of drug-likeness (QED) is 0.655. The Balaban J connectivity index is 1.78. The van der Waals surface area contributed by atoms with E-state index in [0.717, 1.165) is 6.07 Å². The van der Waals surface area contributed by atoms with Crippen molar-refractivity contribution in [3.05, 3.63) is 72.3 Å². The number of anilines is 1. The average molecular weight is 389 g/mol. The first-order chi connectivity index (χ1) is 12.9. The zero-order valence-corrected chi connectivity index (χ0v) is 15.1. The molecule has 0 radical (unpaired) electrons. The number of hydrogen-bond donors (Lipinski definition) is 1. The third kappa shape index (κ3) is 4.14. The lowest BCUT2D eigenvalue weighted by molar-refractivity contribution is 0.0519. The molecule has 0 aliphatic rings. The Morgan fingerprint density at radius 3 is 2.52 bits per heavy atom. The van der Waals surface area contributed by atoms with Crippen LogP contribution in [0.25, 0.3) is 5.69 Å². The molecule has 0 aliphatic heterocycles. The van der Waals surface area contributed by atoms with Crippen molar-refractivity contribution in [2.45, 2.75) is 11.8 Å². The molecule has 0 spiro atoms. The van der Waals surface area contributed by atoms with Crippen molar-refractivity contribution >= 4 is 21.7 Å². The number of sulfonamides is 1. The van der Waals surface area contributed by atoms with E-state index in [9.17, 15) is 17.6 Å². The first-order valence-corrected chi connectivity index (χ1v) is 9.49. The maximum absolute atomic E-state index is 13.7. The van der Waals surface area contributed by atoms with Crippen LogP contribution in [0.15, 0.2) is 65.7 Å². The second-order valence-corrected chi connectivity index (χ2v) is 7.10. The molecule has 0 fully saturated rings. The van der Waals surface area contributed by atoms with Gasteiger partial charge in [0.05, 0.1) is 12.3 Å². The number of rotatable bonds is 6. The number of halogens is 1. The summed E-state index contributed by atoms with van der Waals surface area (Å²) in [6.45, 7) is 1.96. The maximum Gasteiger partial charge on any atom is 0.358 e. The van der Waals surface area contributed by atoms with Crippen LogP contribution >= 0.6 is 0 Å². The highest BCUT2D eigenvalue weighted by Gasteiger charge is 2.18. The van der Waals surface area contributed by atoms with Gasteiger partial charge in [0.25, 0.3) is 10.0 Å². The van der Waals surface area contributed by atoms with Crippen LogP contribution in [0, 0.1) is 5.82 Å². The van der Waals surface area contributed by atoms with Crippen LogP contribution in [0.1, 0.15) is 17.4 Å². The van der Waals surface area contributed by atoms with Crippen molar-refractivity contribution in [3.8, 4) is 5.69 Å². The minimum atomic E-state index is -4.04. The number of nitrogens with zero attached hydrogens (tertiary/aromatic N) is 2. The Morgan fingerprint density at radius 1 is 1.15 bits per heavy atom. The molecular formula is C18H16FN3O4S. The highest BCUT2D eigenvalue weighted by atomic mass is 32.2. The van der Waals surface area contributed by atoms with E-state index in [-0.39, 0.29) is 18.0 Å². The number of carbonyl (C=O) groups is 1. The zero-order valence-electron chi connectivity index (χ0n) is 14.3. The van der Waals surface area contributed by atoms with Gasteiger partial charge >= 0.3 is 5.97 Å². The molecule has 27 heavy (non-hydrogen) atoms. The van der Waals surface area contributed by atoms with Crippen LogP contribution in [0.4, 0.5) is 10.1 Å². The standard InChI is InChI=1S/C18H16FN3O4S/c1-2-26-18(23)16-11-12-22(20-16)14-9-7-13(8-10-14)21-27(24,25)17-6-4-3-5-15(17)19/h3-12,21H,2H2,1H3. The van der Waals surface area contributed by atoms with Crippen LogP contribution in [0.3, 0.4) is 0 Å². The van der Waals surface area contributed by atoms with Gasteiger partial charge in [-0.2, -0.15) is 5.10 Å². The first-order valence-electron chi connectivity index (χ1n) is 8.01. The zero-order chi connectivity index (χ0) is 19.4. The predicted molar refractivity (Wildman–Crippen MR) is 96.7 cm³/mol. The molecule has 3 aromatic rings. The largest absolute Gasteiger partial charge is 0.461 e. The van der Waals surface area contributed by atoms with Crippen LogP contribution in [0.2, 0.25) is 0 Å². The Hall–Kier alpha value is -3.20. The fourth-order valence-corrected chi connectivity index (χ4v) is 3.48. The van der Waals surface area contributed by atoms with E-state index in [0.29, 0.717) is 5.69 Å². The van der Waals surface area contributed by atoms with Gasteiger partial charge in [0, 0.05) is 11.9 Å². The first kappa shape index (κ1) is 18.6. The molecule has 9 heteroatoms. The molecule has 0 atom stereocenters. The van der Waals surface area contributed by atoms with E-state index in [4.69, 9.17) is 4.74 Å². The molecule has 140 valence electrons. The minimum absolute atomic E-state index is 0.168. The van der Waals surface area contributed by atoms with Crippen LogP contribution in [-0.4, -0.2) is 30.8 Å². The topological polar surface area (TPSA) is 90.3 Å². The van der Waals surface area contributed by atoms with Crippen LogP contribution in [0.5, 0.6) is 0 Å². The number of esters is 1. The number of carbonyl (C=O) groups excluding carboxylic acids is 1. The van der Waals surface area contributed by atoms with Crippen molar-refractivity contribution in [3.63, 3.8) is 0 Å². The van der Waals surface area contributed by atoms with Gasteiger partial charge < -0.3 is 4.74 Å². The van der Waals surface area contributed by atoms with Crippen LogP contribution < -0.4 is 4.72 Å². The number of hydrogen-bond acceptors (Lipinski definition) is 5. The summed E-state index contributed by atoms with van der Waals surface area (Å²) in [5, 5.41) is 4.12. The Labute approximate surface area is 155 Å². The third-order valence-electron chi connectivity index (χ3n) is 3.58. The normalized spacial score (nSPS) is 11.2. The van der Waals surface area contributed by atoms with Gasteiger partial charge in [-0.15, -0.1) is 0 Å². The molecule has 3 rings (SSSR count). The summed E-state index contributed by atoms with van der Waals surface area (Å²) in [6, 6.07) is 12.9. The van der Waals surface area contributed by atoms with Crippen LogP contribution in [-0.2, 0) is 14.8 Å². The summed E-state index contributed by atoms with van der Waals surface area (Å²) in [5.74, 6) is -1.35. The van der Waals surface area contributed by atoms with Crippen molar-refractivity contribution in [1.29, 1.82) is 0 Å². The van der Waals surface area contributed by atoms with Gasteiger partial charge in [0.1, 0.15) is 10.7 Å². The summed E-state index contributed by atoms with van der Waals surface area (Å²) in [6.07, 6.45) is 1.59. The monoisotopic (exact) mass is 389 g/mol. The third-order valence-corrected chi connectivity index (χ3v) is 5.00. The average Bonchev–Trinajstić information content (AvgIpc) is 3.13. The molecule has 1 N–H and O–H groups in total. The van der Waals surface area contributed by atoms with E-state index in [1.165, 1.54) is 41.1 Å². The van der Waals surface area contributed by atoms with E-state index in [2.05, 4.69) is 9.82 Å². The lowest BCUT2D eigenvalue weighted by atomic mass is 10.3. The summed E-state index contributed by atoms with van der Waals surface area (Å²) in [7, 11) is -4.04. The molecule has 1 aromatic heterocycles. The number of aromatic nitrogens is 2.